The number of ether oxygens (including phenoxy) is 1. The molecule has 0 aromatic heterocycles. The maximum atomic E-state index is 11.6. The molecule has 0 saturated heterocycles. The van der Waals surface area contributed by atoms with E-state index in [1.807, 2.05) is 0 Å². The average Bonchev–Trinajstić information content (AvgIpc) is 2.17. The first-order chi connectivity index (χ1) is 7.06. The van der Waals surface area contributed by atoms with Gasteiger partial charge in [0.25, 0.3) is 0 Å². The molecule has 15 heavy (non-hydrogen) atoms. The number of ketones is 1. The molecule has 1 fully saturated rings. The number of hydrogen-bond acceptors (Lipinski definition) is 2. The van der Waals surface area contributed by atoms with E-state index in [0.717, 1.165) is 12.8 Å². The molecule has 2 heteroatoms. The van der Waals surface area contributed by atoms with E-state index in [2.05, 4.69) is 13.8 Å². The van der Waals surface area contributed by atoms with Gasteiger partial charge in [-0.25, -0.2) is 0 Å². The van der Waals surface area contributed by atoms with Gasteiger partial charge in [0.2, 0.25) is 0 Å². The third-order valence-corrected chi connectivity index (χ3v) is 3.70. The molecule has 3 atom stereocenters. The van der Waals surface area contributed by atoms with Crippen molar-refractivity contribution in [2.75, 3.05) is 7.11 Å². The van der Waals surface area contributed by atoms with E-state index in [9.17, 15) is 4.79 Å². The maximum absolute atomic E-state index is 11.6. The summed E-state index contributed by atoms with van der Waals surface area (Å²) in [6, 6.07) is 0. The van der Waals surface area contributed by atoms with Crippen molar-refractivity contribution in [3.8, 4) is 0 Å². The van der Waals surface area contributed by atoms with Crippen molar-refractivity contribution >= 4 is 5.78 Å². The lowest BCUT2D eigenvalue weighted by Gasteiger charge is -2.34. The Morgan fingerprint density at radius 3 is 2.47 bits per heavy atom. The summed E-state index contributed by atoms with van der Waals surface area (Å²) in [6.07, 6.45) is 5.01. The van der Waals surface area contributed by atoms with Crippen molar-refractivity contribution in [2.24, 2.45) is 17.8 Å². The third kappa shape index (κ3) is 3.30. The molecular formula is C13H24O2. The molecule has 0 radical (unpaired) electrons. The SMILES string of the molecule is COC1CCCC(C(C(C)=O)C(C)C)C1. The third-order valence-electron chi connectivity index (χ3n) is 3.70. The molecule has 0 aromatic rings. The van der Waals surface area contributed by atoms with Gasteiger partial charge in [0.15, 0.2) is 0 Å². The monoisotopic (exact) mass is 212 g/mol. The van der Waals surface area contributed by atoms with Gasteiger partial charge in [-0.3, -0.25) is 4.79 Å². The smallest absolute Gasteiger partial charge is 0.133 e. The minimum atomic E-state index is 0.239. The zero-order valence-electron chi connectivity index (χ0n) is 10.5. The number of Topliss-reactive ketones (excluding diaryl/α,β-unsaturated/α-hetero) is 1. The van der Waals surface area contributed by atoms with E-state index in [-0.39, 0.29) is 5.92 Å². The normalized spacial score (nSPS) is 29.1. The largest absolute Gasteiger partial charge is 0.381 e. The van der Waals surface area contributed by atoms with Crippen molar-refractivity contribution < 1.29 is 9.53 Å². The Bertz CT molecular complexity index is 211. The Labute approximate surface area is 93.4 Å². The Morgan fingerprint density at radius 1 is 1.33 bits per heavy atom. The van der Waals surface area contributed by atoms with Crippen LogP contribution in [0.5, 0.6) is 0 Å². The zero-order valence-corrected chi connectivity index (χ0v) is 10.5. The van der Waals surface area contributed by atoms with Crippen molar-refractivity contribution in [1.29, 1.82) is 0 Å². The van der Waals surface area contributed by atoms with Crippen LogP contribution < -0.4 is 0 Å². The van der Waals surface area contributed by atoms with E-state index in [1.54, 1.807) is 14.0 Å². The molecule has 0 bridgehead atoms. The molecule has 0 aromatic carbocycles. The molecule has 2 nitrogen and oxygen atoms in total. The van der Waals surface area contributed by atoms with Crippen LogP contribution in [0.25, 0.3) is 0 Å². The first-order valence-electron chi connectivity index (χ1n) is 6.09. The predicted molar refractivity (Wildman–Crippen MR) is 61.8 cm³/mol. The summed E-state index contributed by atoms with van der Waals surface area (Å²) >= 11 is 0. The molecule has 1 aliphatic rings. The van der Waals surface area contributed by atoms with E-state index < -0.39 is 0 Å². The van der Waals surface area contributed by atoms with Crippen molar-refractivity contribution in [1.82, 2.24) is 0 Å². The van der Waals surface area contributed by atoms with E-state index in [0.29, 0.717) is 23.7 Å². The molecule has 1 rings (SSSR count). The topological polar surface area (TPSA) is 26.3 Å². The summed E-state index contributed by atoms with van der Waals surface area (Å²) in [7, 11) is 1.78. The molecule has 0 N–H and O–H groups in total. The summed E-state index contributed by atoms with van der Waals surface area (Å²) < 4.78 is 5.42. The summed E-state index contributed by atoms with van der Waals surface area (Å²) in [4.78, 5) is 11.6. The molecular weight excluding hydrogens is 188 g/mol. The highest BCUT2D eigenvalue weighted by molar-refractivity contribution is 5.78. The first-order valence-corrected chi connectivity index (χ1v) is 6.09. The molecule has 0 aliphatic heterocycles. The predicted octanol–water partition coefficient (Wildman–Crippen LogP) is 3.05. The van der Waals surface area contributed by atoms with Gasteiger partial charge in [0.05, 0.1) is 6.10 Å². The van der Waals surface area contributed by atoms with Gasteiger partial charge in [-0.1, -0.05) is 20.3 Å². The van der Waals surface area contributed by atoms with Crippen LogP contribution in [0, 0.1) is 17.8 Å². The standard InChI is InChI=1S/C13H24O2/c1-9(2)13(10(3)14)11-6-5-7-12(8-11)15-4/h9,11-13H,5-8H2,1-4H3. The lowest BCUT2D eigenvalue weighted by molar-refractivity contribution is -0.125. The zero-order chi connectivity index (χ0) is 11.4. The van der Waals surface area contributed by atoms with E-state index in [4.69, 9.17) is 4.74 Å². The molecule has 0 amide bonds. The highest BCUT2D eigenvalue weighted by Gasteiger charge is 2.32. The van der Waals surface area contributed by atoms with E-state index in [1.165, 1.54) is 12.8 Å². The Hall–Kier alpha value is -0.370. The van der Waals surface area contributed by atoms with Crippen LogP contribution in [0.3, 0.4) is 0 Å². The van der Waals surface area contributed by atoms with Crippen molar-refractivity contribution in [2.45, 2.75) is 52.6 Å². The quantitative estimate of drug-likeness (QED) is 0.716. The molecule has 3 unspecified atom stereocenters. The molecule has 1 aliphatic carbocycles. The van der Waals surface area contributed by atoms with Gasteiger partial charge in [-0.15, -0.1) is 0 Å². The number of methoxy groups -OCH3 is 1. The van der Waals surface area contributed by atoms with Crippen molar-refractivity contribution in [3.63, 3.8) is 0 Å². The van der Waals surface area contributed by atoms with Crippen LogP contribution in [-0.2, 0) is 9.53 Å². The average molecular weight is 212 g/mol. The van der Waals surface area contributed by atoms with Gasteiger partial charge < -0.3 is 4.74 Å². The highest BCUT2D eigenvalue weighted by Crippen LogP contribution is 2.35. The maximum Gasteiger partial charge on any atom is 0.133 e. The second kappa shape index (κ2) is 5.64. The fourth-order valence-electron chi connectivity index (χ4n) is 3.07. The van der Waals surface area contributed by atoms with Gasteiger partial charge >= 0.3 is 0 Å². The molecule has 88 valence electrons. The summed E-state index contributed by atoms with van der Waals surface area (Å²) in [5.41, 5.74) is 0. The summed E-state index contributed by atoms with van der Waals surface area (Å²) in [6.45, 7) is 6.05. The lowest BCUT2D eigenvalue weighted by Crippen LogP contribution is -2.33. The van der Waals surface area contributed by atoms with E-state index >= 15 is 0 Å². The van der Waals surface area contributed by atoms with Gasteiger partial charge in [0, 0.05) is 13.0 Å². The number of hydrogen-bond donors (Lipinski definition) is 0. The lowest BCUT2D eigenvalue weighted by atomic mass is 9.72. The fourth-order valence-corrected chi connectivity index (χ4v) is 3.07. The number of carbonyl (C=O) groups is 1. The van der Waals surface area contributed by atoms with Crippen LogP contribution in [0.15, 0.2) is 0 Å². The minimum absolute atomic E-state index is 0.239. The minimum Gasteiger partial charge on any atom is -0.381 e. The Kier molecular flexibility index (Phi) is 4.78. The van der Waals surface area contributed by atoms with Gasteiger partial charge in [0.1, 0.15) is 5.78 Å². The second-order valence-electron chi connectivity index (χ2n) is 5.16. The fraction of sp³-hybridized carbons (Fsp3) is 0.923. The van der Waals surface area contributed by atoms with Crippen LogP contribution in [0.4, 0.5) is 0 Å². The second-order valence-corrected chi connectivity index (χ2v) is 5.16. The first kappa shape index (κ1) is 12.7. The number of carbonyl (C=O) groups excluding carboxylic acids is 1. The van der Waals surface area contributed by atoms with Crippen molar-refractivity contribution in [3.05, 3.63) is 0 Å². The molecule has 0 heterocycles. The van der Waals surface area contributed by atoms with Gasteiger partial charge in [-0.2, -0.15) is 0 Å². The Balaban J connectivity index is 2.63. The molecule has 1 saturated carbocycles. The van der Waals surface area contributed by atoms with Crippen LogP contribution in [0.2, 0.25) is 0 Å². The highest BCUT2D eigenvalue weighted by atomic mass is 16.5. The van der Waals surface area contributed by atoms with Crippen LogP contribution in [-0.4, -0.2) is 19.0 Å². The van der Waals surface area contributed by atoms with Crippen LogP contribution in [0.1, 0.15) is 46.5 Å². The summed E-state index contributed by atoms with van der Waals surface area (Å²) in [5, 5.41) is 0. The molecule has 0 spiro atoms. The van der Waals surface area contributed by atoms with Gasteiger partial charge in [-0.05, 0) is 38.0 Å². The number of rotatable bonds is 4. The summed E-state index contributed by atoms with van der Waals surface area (Å²) in [5.74, 6) is 1.60. The Morgan fingerprint density at radius 2 is 2.00 bits per heavy atom. The van der Waals surface area contributed by atoms with Crippen LogP contribution >= 0.6 is 0 Å².